The fraction of sp³-hybridized carbons (Fsp3) is 0.600. The predicted octanol–water partition coefficient (Wildman–Crippen LogP) is 4.54. The first-order chi connectivity index (χ1) is 8.15. The van der Waals surface area contributed by atoms with Crippen LogP contribution < -0.4 is 4.90 Å². The Bertz CT molecular complexity index is 336. The van der Waals surface area contributed by atoms with Crippen molar-refractivity contribution >= 4 is 17.3 Å². The molecule has 0 bridgehead atoms. The lowest BCUT2D eigenvalue weighted by molar-refractivity contribution is 0.663. The van der Waals surface area contributed by atoms with E-state index in [2.05, 4.69) is 44.0 Å². The molecule has 0 saturated carbocycles. The maximum atomic E-state index is 5.66. The first-order valence-corrected chi connectivity index (χ1v) is 7.03. The largest absolute Gasteiger partial charge is 0.374 e. The van der Waals surface area contributed by atoms with Crippen molar-refractivity contribution in [3.8, 4) is 0 Å². The predicted molar refractivity (Wildman–Crippen MR) is 78.4 cm³/mol. The number of unbranched alkanes of at least 4 members (excludes halogenated alkanes) is 3. The van der Waals surface area contributed by atoms with E-state index in [0.717, 1.165) is 18.8 Å². The Morgan fingerprint density at radius 2 is 1.76 bits per heavy atom. The van der Waals surface area contributed by atoms with Crippen molar-refractivity contribution < 1.29 is 0 Å². The summed E-state index contributed by atoms with van der Waals surface area (Å²) in [5, 5.41) is 0. The van der Waals surface area contributed by atoms with Crippen LogP contribution in [0.2, 0.25) is 0 Å². The molecule has 96 valence electrons. The van der Waals surface area contributed by atoms with Crippen LogP contribution in [0, 0.1) is 13.8 Å². The van der Waals surface area contributed by atoms with Crippen LogP contribution in [0.15, 0.2) is 18.2 Å². The topological polar surface area (TPSA) is 3.24 Å². The minimum absolute atomic E-state index is 0.799. The van der Waals surface area contributed by atoms with E-state index in [1.165, 1.54) is 36.1 Å². The molecule has 0 aliphatic rings. The van der Waals surface area contributed by atoms with E-state index >= 15 is 0 Å². The summed E-state index contributed by atoms with van der Waals surface area (Å²) in [7, 11) is 2.18. The van der Waals surface area contributed by atoms with E-state index in [4.69, 9.17) is 11.6 Å². The van der Waals surface area contributed by atoms with Gasteiger partial charge in [0.1, 0.15) is 0 Å². The third-order valence-electron chi connectivity index (χ3n) is 3.14. The van der Waals surface area contributed by atoms with Gasteiger partial charge in [-0.25, -0.2) is 0 Å². The lowest BCUT2D eigenvalue weighted by Gasteiger charge is -2.21. The minimum atomic E-state index is 0.799. The summed E-state index contributed by atoms with van der Waals surface area (Å²) >= 11 is 5.66. The summed E-state index contributed by atoms with van der Waals surface area (Å²) in [4.78, 5) is 2.36. The molecule has 0 fully saturated rings. The number of hydrogen-bond acceptors (Lipinski definition) is 1. The molecule has 0 spiro atoms. The zero-order valence-corrected chi connectivity index (χ0v) is 12.1. The smallest absolute Gasteiger partial charge is 0.0393 e. The molecule has 0 aromatic heterocycles. The van der Waals surface area contributed by atoms with E-state index in [1.807, 2.05) is 0 Å². The SMILES string of the molecule is Cc1ccc(N(C)CCCCCCCl)c(C)c1. The van der Waals surface area contributed by atoms with Gasteiger partial charge in [0.15, 0.2) is 0 Å². The first-order valence-electron chi connectivity index (χ1n) is 6.49. The van der Waals surface area contributed by atoms with Crippen LogP contribution in [0.5, 0.6) is 0 Å². The molecule has 1 aromatic carbocycles. The molecule has 0 unspecified atom stereocenters. The van der Waals surface area contributed by atoms with Gasteiger partial charge in [-0.15, -0.1) is 11.6 Å². The van der Waals surface area contributed by atoms with Crippen LogP contribution in [-0.2, 0) is 0 Å². The highest BCUT2D eigenvalue weighted by Gasteiger charge is 2.03. The highest BCUT2D eigenvalue weighted by molar-refractivity contribution is 6.17. The Hall–Kier alpha value is -0.690. The molecule has 2 heteroatoms. The highest BCUT2D eigenvalue weighted by atomic mass is 35.5. The van der Waals surface area contributed by atoms with Gasteiger partial charge in [-0.05, 0) is 38.3 Å². The number of hydrogen-bond donors (Lipinski definition) is 0. The Morgan fingerprint density at radius 3 is 2.41 bits per heavy atom. The second-order valence-corrected chi connectivity index (χ2v) is 5.19. The number of halogens is 1. The third-order valence-corrected chi connectivity index (χ3v) is 3.41. The van der Waals surface area contributed by atoms with Gasteiger partial charge in [-0.2, -0.15) is 0 Å². The van der Waals surface area contributed by atoms with E-state index < -0.39 is 0 Å². The number of alkyl halides is 1. The van der Waals surface area contributed by atoms with Crippen LogP contribution in [0.1, 0.15) is 36.8 Å². The molecule has 0 radical (unpaired) electrons. The minimum Gasteiger partial charge on any atom is -0.374 e. The molecule has 0 saturated heterocycles. The molecule has 0 aliphatic carbocycles. The van der Waals surface area contributed by atoms with E-state index in [1.54, 1.807) is 0 Å². The summed E-state index contributed by atoms with van der Waals surface area (Å²) < 4.78 is 0. The number of nitrogens with zero attached hydrogens (tertiary/aromatic N) is 1. The zero-order chi connectivity index (χ0) is 12.7. The molecule has 0 N–H and O–H groups in total. The highest BCUT2D eigenvalue weighted by Crippen LogP contribution is 2.20. The summed E-state index contributed by atoms with van der Waals surface area (Å²) in [5.74, 6) is 0.799. The Morgan fingerprint density at radius 1 is 1.06 bits per heavy atom. The monoisotopic (exact) mass is 253 g/mol. The fourth-order valence-corrected chi connectivity index (χ4v) is 2.34. The number of rotatable bonds is 7. The average molecular weight is 254 g/mol. The van der Waals surface area contributed by atoms with Crippen LogP contribution in [-0.4, -0.2) is 19.5 Å². The Kier molecular flexibility index (Phi) is 6.43. The molecule has 17 heavy (non-hydrogen) atoms. The summed E-state index contributed by atoms with van der Waals surface area (Å²) in [6.45, 7) is 5.46. The van der Waals surface area contributed by atoms with Gasteiger partial charge in [0.2, 0.25) is 0 Å². The molecule has 0 aliphatic heterocycles. The van der Waals surface area contributed by atoms with Gasteiger partial charge in [0.25, 0.3) is 0 Å². The van der Waals surface area contributed by atoms with Crippen molar-refractivity contribution in [2.24, 2.45) is 0 Å². The summed E-state index contributed by atoms with van der Waals surface area (Å²) in [5.41, 5.74) is 4.06. The molecule has 0 heterocycles. The maximum Gasteiger partial charge on any atom is 0.0393 e. The van der Waals surface area contributed by atoms with Crippen molar-refractivity contribution in [3.05, 3.63) is 29.3 Å². The normalized spacial score (nSPS) is 10.6. The maximum absolute atomic E-state index is 5.66. The van der Waals surface area contributed by atoms with Gasteiger partial charge in [-0.3, -0.25) is 0 Å². The van der Waals surface area contributed by atoms with Crippen molar-refractivity contribution in [2.45, 2.75) is 39.5 Å². The van der Waals surface area contributed by atoms with E-state index in [-0.39, 0.29) is 0 Å². The van der Waals surface area contributed by atoms with Crippen LogP contribution in [0.4, 0.5) is 5.69 Å². The average Bonchev–Trinajstić information content (AvgIpc) is 2.28. The Labute approximate surface area is 111 Å². The lowest BCUT2D eigenvalue weighted by atomic mass is 10.1. The molecule has 0 atom stereocenters. The summed E-state index contributed by atoms with van der Waals surface area (Å²) in [6.07, 6.45) is 4.93. The molecular formula is C15H24ClN. The lowest BCUT2D eigenvalue weighted by Crippen LogP contribution is -2.19. The zero-order valence-electron chi connectivity index (χ0n) is 11.3. The van der Waals surface area contributed by atoms with Crippen molar-refractivity contribution in [1.82, 2.24) is 0 Å². The van der Waals surface area contributed by atoms with Gasteiger partial charge < -0.3 is 4.90 Å². The third kappa shape index (κ3) is 4.99. The van der Waals surface area contributed by atoms with Gasteiger partial charge in [0, 0.05) is 25.2 Å². The van der Waals surface area contributed by atoms with Crippen LogP contribution in [0.3, 0.4) is 0 Å². The number of benzene rings is 1. The van der Waals surface area contributed by atoms with Crippen molar-refractivity contribution in [2.75, 3.05) is 24.4 Å². The van der Waals surface area contributed by atoms with Crippen molar-refractivity contribution in [3.63, 3.8) is 0 Å². The van der Waals surface area contributed by atoms with Crippen LogP contribution in [0.25, 0.3) is 0 Å². The van der Waals surface area contributed by atoms with Crippen molar-refractivity contribution in [1.29, 1.82) is 0 Å². The first kappa shape index (κ1) is 14.4. The van der Waals surface area contributed by atoms with Gasteiger partial charge >= 0.3 is 0 Å². The van der Waals surface area contributed by atoms with Gasteiger partial charge in [0.05, 0.1) is 0 Å². The fourth-order valence-electron chi connectivity index (χ4n) is 2.15. The molecule has 1 rings (SSSR count). The van der Waals surface area contributed by atoms with Crippen LogP contribution >= 0.6 is 11.6 Å². The van der Waals surface area contributed by atoms with E-state index in [9.17, 15) is 0 Å². The Balaban J connectivity index is 2.38. The number of anilines is 1. The number of aryl methyl sites for hydroxylation is 2. The molecule has 1 nitrogen and oxygen atoms in total. The quantitative estimate of drug-likeness (QED) is 0.509. The summed E-state index contributed by atoms with van der Waals surface area (Å²) in [6, 6.07) is 6.66. The second kappa shape index (κ2) is 7.60. The van der Waals surface area contributed by atoms with E-state index in [0.29, 0.717) is 0 Å². The molecular weight excluding hydrogens is 230 g/mol. The molecule has 0 amide bonds. The standard InChI is InChI=1S/C15H24ClN/c1-13-8-9-15(14(2)12-13)17(3)11-7-5-4-6-10-16/h8-9,12H,4-7,10-11H2,1-3H3. The van der Waals surface area contributed by atoms with Gasteiger partial charge in [-0.1, -0.05) is 30.5 Å². The second-order valence-electron chi connectivity index (χ2n) is 4.81. The molecule has 1 aromatic rings.